The molecule has 0 aromatic heterocycles. The van der Waals surface area contributed by atoms with Crippen molar-refractivity contribution < 1.29 is 58.2 Å². The van der Waals surface area contributed by atoms with Gasteiger partial charge in [0.15, 0.2) is 0 Å². The Kier molecular flexibility index (Phi) is 17.4. The molecule has 7 atom stereocenters. The van der Waals surface area contributed by atoms with Gasteiger partial charge in [-0.3, -0.25) is 4.90 Å². The fourth-order valence-electron chi connectivity index (χ4n) is 9.36. The first-order chi connectivity index (χ1) is 29.9. The Labute approximate surface area is 358 Å². The number of ether oxygens (including phenoxy) is 6. The third kappa shape index (κ3) is 11.3. The van der Waals surface area contributed by atoms with E-state index >= 15 is 0 Å². The van der Waals surface area contributed by atoms with Crippen LogP contribution in [0.5, 0.6) is 11.5 Å². The summed E-state index contributed by atoms with van der Waals surface area (Å²) in [5.74, 6) is -1.67. The minimum Gasteiger partial charge on any atom is -0.459 e. The van der Waals surface area contributed by atoms with Crippen LogP contribution in [0, 0.1) is 17.8 Å². The minimum atomic E-state index is -1.52. The van der Waals surface area contributed by atoms with E-state index in [0.29, 0.717) is 43.1 Å². The van der Waals surface area contributed by atoms with Gasteiger partial charge in [-0.15, -0.1) is 6.58 Å². The topological polar surface area (TPSA) is 187 Å². The lowest BCUT2D eigenvalue weighted by molar-refractivity contribution is -0.256. The van der Waals surface area contributed by atoms with Crippen molar-refractivity contribution in [1.29, 1.82) is 0 Å². The lowest BCUT2D eigenvalue weighted by Gasteiger charge is -2.59. The second-order valence-electron chi connectivity index (χ2n) is 15.9. The molecule has 0 bridgehead atoms. The summed E-state index contributed by atoms with van der Waals surface area (Å²) in [4.78, 5) is 34.9. The van der Waals surface area contributed by atoms with Gasteiger partial charge in [-0.2, -0.15) is 0 Å². The van der Waals surface area contributed by atoms with Crippen LogP contribution in [0.2, 0.25) is 0 Å². The first kappa shape index (κ1) is 46.0. The molecule has 6 rings (SSSR count). The van der Waals surface area contributed by atoms with E-state index in [2.05, 4.69) is 18.0 Å². The number of carbonyl (C=O) groups excluding carboxylic acids is 2. The SMILES string of the molecule is C=CCOC12Oc3ccc(OC(=O)NCc4ccccc4)cc3C3C(CCCCO)C(CCCCO)C=C(C(=NOC4CCCCO4)CC1N(CCOCCO)C(=O)OC)C32. The van der Waals surface area contributed by atoms with Gasteiger partial charge >= 0.3 is 12.2 Å². The highest BCUT2D eigenvalue weighted by molar-refractivity contribution is 6.03. The van der Waals surface area contributed by atoms with Crippen molar-refractivity contribution in [2.24, 2.45) is 22.9 Å². The summed E-state index contributed by atoms with van der Waals surface area (Å²) in [6, 6.07) is 14.1. The standard InChI is InChI=1S/C46H63N3O12/c1-3-24-58-46-40(49(45(54)55-2)20-26-56-27-23-52)30-38(48-61-41-17-9-12-25-57-41)36-28-33(15-7-10-21-50)35(16-8-11-22-51)42(43(36)46)37-29-34(18-19-39(37)60-46)59-44(53)47-31-32-13-5-4-6-14-32/h3-6,13-14,18-19,28-29,33,35,40-43,50-52H,1,7-12,15-17,20-27,30-31H2,2H3,(H,47,53). The normalized spacial score (nSPS) is 25.9. The van der Waals surface area contributed by atoms with Crippen molar-refractivity contribution in [2.45, 2.75) is 94.8 Å². The van der Waals surface area contributed by atoms with E-state index in [1.165, 1.54) is 7.11 Å². The van der Waals surface area contributed by atoms with E-state index in [9.17, 15) is 24.9 Å². The molecule has 2 aromatic rings. The zero-order chi connectivity index (χ0) is 43.0. The van der Waals surface area contributed by atoms with Crippen molar-refractivity contribution in [3.63, 3.8) is 0 Å². The van der Waals surface area contributed by atoms with E-state index in [1.807, 2.05) is 36.4 Å². The number of aliphatic hydroxyl groups is 3. The molecular weight excluding hydrogens is 787 g/mol. The highest BCUT2D eigenvalue weighted by atomic mass is 16.8. The van der Waals surface area contributed by atoms with E-state index < -0.39 is 36.2 Å². The van der Waals surface area contributed by atoms with Crippen LogP contribution >= 0.6 is 0 Å². The Hall–Kier alpha value is -4.51. The van der Waals surface area contributed by atoms with Crippen LogP contribution in [0.1, 0.15) is 81.3 Å². The minimum absolute atomic E-state index is 0.000403. The second-order valence-corrected chi connectivity index (χ2v) is 15.9. The number of benzene rings is 2. The molecule has 0 radical (unpaired) electrons. The molecule has 0 spiro atoms. The lowest BCUT2D eigenvalue weighted by Crippen LogP contribution is -2.70. The van der Waals surface area contributed by atoms with Gasteiger partial charge in [0.05, 0.1) is 51.8 Å². The fourth-order valence-corrected chi connectivity index (χ4v) is 9.36. The smallest absolute Gasteiger partial charge is 0.412 e. The van der Waals surface area contributed by atoms with Crippen molar-refractivity contribution >= 4 is 17.9 Å². The van der Waals surface area contributed by atoms with Crippen molar-refractivity contribution in [1.82, 2.24) is 10.2 Å². The average molecular weight is 850 g/mol. The van der Waals surface area contributed by atoms with Crippen LogP contribution in [0.4, 0.5) is 9.59 Å². The van der Waals surface area contributed by atoms with Gasteiger partial charge in [0.25, 0.3) is 0 Å². The number of nitrogens with zero attached hydrogens (tertiary/aromatic N) is 2. The van der Waals surface area contributed by atoms with Crippen molar-refractivity contribution in [2.75, 3.05) is 59.9 Å². The number of oxime groups is 1. The van der Waals surface area contributed by atoms with Gasteiger partial charge < -0.3 is 53.9 Å². The monoisotopic (exact) mass is 849 g/mol. The predicted octanol–water partition coefficient (Wildman–Crippen LogP) is 6.21. The average Bonchev–Trinajstić information content (AvgIpc) is 3.29. The summed E-state index contributed by atoms with van der Waals surface area (Å²) in [6.07, 6.45) is 9.10. The molecule has 334 valence electrons. The number of unbranched alkanes of at least 4 members (excludes halogenated alkanes) is 2. The quantitative estimate of drug-likeness (QED) is 0.0597. The first-order valence-electron chi connectivity index (χ1n) is 21.8. The number of carbonyl (C=O) groups is 2. The summed E-state index contributed by atoms with van der Waals surface area (Å²) in [5, 5.41) is 37.0. The Morgan fingerprint density at radius 3 is 2.54 bits per heavy atom. The summed E-state index contributed by atoms with van der Waals surface area (Å²) in [6.45, 7) is 5.11. The molecule has 15 nitrogen and oxygen atoms in total. The Balaban J connectivity index is 1.51. The number of nitrogens with one attached hydrogen (secondary N) is 1. The maximum Gasteiger partial charge on any atom is 0.412 e. The maximum atomic E-state index is 14.0. The fraction of sp³-hybridized carbons (Fsp3) is 0.587. The molecule has 2 amide bonds. The third-order valence-electron chi connectivity index (χ3n) is 12.1. The third-order valence-corrected chi connectivity index (χ3v) is 12.1. The highest BCUT2D eigenvalue weighted by Crippen LogP contribution is 2.62. The van der Waals surface area contributed by atoms with E-state index in [-0.39, 0.29) is 76.9 Å². The molecule has 2 heterocycles. The number of rotatable bonds is 22. The molecule has 15 heteroatoms. The molecular formula is C46H63N3O12. The number of methoxy groups -OCH3 is 1. The largest absolute Gasteiger partial charge is 0.459 e. The van der Waals surface area contributed by atoms with E-state index in [4.69, 9.17) is 38.4 Å². The van der Waals surface area contributed by atoms with Gasteiger partial charge in [-0.1, -0.05) is 60.5 Å². The number of hydrogen-bond acceptors (Lipinski definition) is 13. The number of allylic oxidation sites excluding steroid dienone is 1. The van der Waals surface area contributed by atoms with Gasteiger partial charge in [0.1, 0.15) is 17.5 Å². The molecule has 2 fully saturated rings. The van der Waals surface area contributed by atoms with Crippen LogP contribution in [-0.2, 0) is 30.3 Å². The number of amides is 2. The lowest BCUT2D eigenvalue weighted by atomic mass is 9.55. The molecule has 1 saturated heterocycles. The van der Waals surface area contributed by atoms with Crippen LogP contribution in [0.15, 0.2) is 78.0 Å². The molecule has 4 N–H and O–H groups in total. The van der Waals surface area contributed by atoms with E-state index in [1.54, 1.807) is 23.1 Å². The summed E-state index contributed by atoms with van der Waals surface area (Å²) < 4.78 is 37.1. The predicted molar refractivity (Wildman–Crippen MR) is 226 cm³/mol. The zero-order valence-electron chi connectivity index (χ0n) is 35.3. The van der Waals surface area contributed by atoms with Crippen LogP contribution in [-0.4, -0.2) is 116 Å². The number of hydrogen-bond donors (Lipinski definition) is 4. The number of aliphatic hydroxyl groups excluding tert-OH is 3. The van der Waals surface area contributed by atoms with Crippen LogP contribution < -0.4 is 14.8 Å². The summed E-state index contributed by atoms with van der Waals surface area (Å²) in [7, 11) is 1.32. The van der Waals surface area contributed by atoms with Gasteiger partial charge in [-0.05, 0) is 79.7 Å². The van der Waals surface area contributed by atoms with Crippen molar-refractivity contribution in [3.05, 3.63) is 84.0 Å². The summed E-state index contributed by atoms with van der Waals surface area (Å²) >= 11 is 0. The van der Waals surface area contributed by atoms with Crippen LogP contribution in [0.25, 0.3) is 0 Å². The Morgan fingerprint density at radius 2 is 1.82 bits per heavy atom. The first-order valence-corrected chi connectivity index (χ1v) is 21.8. The van der Waals surface area contributed by atoms with Crippen LogP contribution in [0.3, 0.4) is 0 Å². The van der Waals surface area contributed by atoms with Crippen molar-refractivity contribution in [3.8, 4) is 11.5 Å². The highest BCUT2D eigenvalue weighted by Gasteiger charge is 2.65. The molecule has 2 aliphatic heterocycles. The van der Waals surface area contributed by atoms with Gasteiger partial charge in [-0.25, -0.2) is 9.59 Å². The molecule has 2 aliphatic carbocycles. The summed E-state index contributed by atoms with van der Waals surface area (Å²) in [5.41, 5.74) is 3.19. The molecule has 1 saturated carbocycles. The Morgan fingerprint density at radius 1 is 1.02 bits per heavy atom. The zero-order valence-corrected chi connectivity index (χ0v) is 35.3. The number of fused-ring (bicyclic) bond motifs is 2. The van der Waals surface area contributed by atoms with E-state index in [0.717, 1.165) is 55.2 Å². The van der Waals surface area contributed by atoms with Gasteiger partial charge in [0, 0.05) is 50.6 Å². The maximum absolute atomic E-state index is 14.0. The van der Waals surface area contributed by atoms with Gasteiger partial charge in [0.2, 0.25) is 12.1 Å². The Bertz CT molecular complexity index is 1790. The molecule has 4 aliphatic rings. The molecule has 61 heavy (non-hydrogen) atoms. The molecule has 2 aromatic carbocycles. The molecule has 7 unspecified atom stereocenters. The second kappa shape index (κ2) is 23.1.